The van der Waals surface area contributed by atoms with E-state index in [0.29, 0.717) is 17.2 Å². The Hall–Kier alpha value is -2.62. The van der Waals surface area contributed by atoms with Gasteiger partial charge in [0.25, 0.3) is 5.91 Å². The van der Waals surface area contributed by atoms with Gasteiger partial charge in [-0.15, -0.1) is 0 Å². The zero-order valence-electron chi connectivity index (χ0n) is 14.6. The molecular weight excluding hydrogens is 302 g/mol. The highest BCUT2D eigenvalue weighted by atomic mass is 16.5. The third-order valence-corrected chi connectivity index (χ3v) is 3.65. The van der Waals surface area contributed by atoms with Gasteiger partial charge in [-0.2, -0.15) is 0 Å². The van der Waals surface area contributed by atoms with Crippen LogP contribution in [0.25, 0.3) is 0 Å². The number of ether oxygens (including phenoxy) is 1. The van der Waals surface area contributed by atoms with Gasteiger partial charge in [0.15, 0.2) is 6.61 Å². The van der Waals surface area contributed by atoms with Gasteiger partial charge in [0.1, 0.15) is 0 Å². The molecule has 0 aliphatic rings. The Kier molecular flexibility index (Phi) is 5.74. The van der Waals surface area contributed by atoms with Gasteiger partial charge in [0.2, 0.25) is 0 Å². The third kappa shape index (κ3) is 4.95. The lowest BCUT2D eigenvalue weighted by molar-refractivity contribution is -0.119. The van der Waals surface area contributed by atoms with Gasteiger partial charge in [-0.25, -0.2) is 4.79 Å². The summed E-state index contributed by atoms with van der Waals surface area (Å²) in [6.07, 6.45) is 0. The Balaban J connectivity index is 1.89. The molecule has 0 aromatic heterocycles. The van der Waals surface area contributed by atoms with Crippen LogP contribution in [-0.4, -0.2) is 18.5 Å². The second kappa shape index (κ2) is 7.77. The van der Waals surface area contributed by atoms with Crippen LogP contribution in [0.5, 0.6) is 0 Å². The van der Waals surface area contributed by atoms with Crippen molar-refractivity contribution in [1.29, 1.82) is 0 Å². The van der Waals surface area contributed by atoms with E-state index in [0.717, 1.165) is 16.7 Å². The molecule has 126 valence electrons. The lowest BCUT2D eigenvalue weighted by Gasteiger charge is -2.09. The van der Waals surface area contributed by atoms with E-state index in [1.807, 2.05) is 44.2 Å². The fourth-order valence-corrected chi connectivity index (χ4v) is 2.46. The number of nitrogens with one attached hydrogen (secondary N) is 1. The second-order valence-corrected chi connectivity index (χ2v) is 6.28. The number of benzene rings is 2. The summed E-state index contributed by atoms with van der Waals surface area (Å²) >= 11 is 0. The molecule has 0 aliphatic heterocycles. The van der Waals surface area contributed by atoms with Gasteiger partial charge >= 0.3 is 5.97 Å². The van der Waals surface area contributed by atoms with Crippen LogP contribution >= 0.6 is 0 Å². The number of aryl methyl sites for hydroxylation is 2. The molecule has 2 aromatic rings. The highest BCUT2D eigenvalue weighted by molar-refractivity contribution is 5.95. The molecule has 0 radical (unpaired) electrons. The summed E-state index contributed by atoms with van der Waals surface area (Å²) in [5, 5.41) is 2.74. The Labute approximate surface area is 142 Å². The van der Waals surface area contributed by atoms with Crippen LogP contribution in [0.4, 0.5) is 5.69 Å². The lowest BCUT2D eigenvalue weighted by atomic mass is 10.0. The molecule has 2 rings (SSSR count). The van der Waals surface area contributed by atoms with Gasteiger partial charge in [0, 0.05) is 5.69 Å². The fraction of sp³-hybridized carbons (Fsp3) is 0.300. The minimum absolute atomic E-state index is 0.308. The van der Waals surface area contributed by atoms with E-state index in [1.54, 1.807) is 12.1 Å². The Bertz CT molecular complexity index is 713. The summed E-state index contributed by atoms with van der Waals surface area (Å²) in [6, 6.07) is 13.0. The molecule has 1 N–H and O–H groups in total. The lowest BCUT2D eigenvalue weighted by Crippen LogP contribution is -2.21. The molecule has 0 fully saturated rings. The molecule has 0 heterocycles. The minimum atomic E-state index is -0.499. The van der Waals surface area contributed by atoms with Crippen LogP contribution in [0.3, 0.4) is 0 Å². The topological polar surface area (TPSA) is 55.4 Å². The molecule has 24 heavy (non-hydrogen) atoms. The maximum absolute atomic E-state index is 12.0. The van der Waals surface area contributed by atoms with E-state index >= 15 is 0 Å². The second-order valence-electron chi connectivity index (χ2n) is 6.28. The van der Waals surface area contributed by atoms with E-state index in [1.165, 1.54) is 0 Å². The summed E-state index contributed by atoms with van der Waals surface area (Å²) in [5.74, 6) is -0.452. The highest BCUT2D eigenvalue weighted by Gasteiger charge is 2.11. The molecule has 2 aromatic carbocycles. The molecule has 0 bridgehead atoms. The first kappa shape index (κ1) is 17.7. The zero-order valence-corrected chi connectivity index (χ0v) is 14.6. The van der Waals surface area contributed by atoms with Gasteiger partial charge in [0.05, 0.1) is 5.56 Å². The van der Waals surface area contributed by atoms with Crippen LogP contribution in [0.2, 0.25) is 0 Å². The number of amides is 1. The van der Waals surface area contributed by atoms with Gasteiger partial charge < -0.3 is 10.1 Å². The van der Waals surface area contributed by atoms with Crippen LogP contribution in [0, 0.1) is 13.8 Å². The van der Waals surface area contributed by atoms with Gasteiger partial charge in [-0.3, -0.25) is 4.79 Å². The predicted octanol–water partition coefficient (Wildman–Crippen LogP) is 4.22. The van der Waals surface area contributed by atoms with Crippen molar-refractivity contribution in [2.75, 3.05) is 11.9 Å². The number of hydrogen-bond donors (Lipinski definition) is 1. The number of rotatable bonds is 5. The number of anilines is 1. The van der Waals surface area contributed by atoms with E-state index in [-0.39, 0.29) is 12.5 Å². The first-order valence-electron chi connectivity index (χ1n) is 8.00. The summed E-state index contributed by atoms with van der Waals surface area (Å²) in [4.78, 5) is 23.9. The van der Waals surface area contributed by atoms with Gasteiger partial charge in [-0.1, -0.05) is 32.0 Å². The molecular formula is C20H23NO3. The Morgan fingerprint density at radius 3 is 2.12 bits per heavy atom. The number of carbonyl (C=O) groups is 2. The first-order chi connectivity index (χ1) is 11.3. The quantitative estimate of drug-likeness (QED) is 0.837. The molecule has 4 nitrogen and oxygen atoms in total. The monoisotopic (exact) mass is 325 g/mol. The average Bonchev–Trinajstić information content (AvgIpc) is 2.51. The maximum atomic E-state index is 12.0. The van der Waals surface area contributed by atoms with Crippen molar-refractivity contribution in [2.45, 2.75) is 33.6 Å². The summed E-state index contributed by atoms with van der Waals surface area (Å²) in [5.41, 5.74) is 4.42. The van der Waals surface area contributed by atoms with Crippen LogP contribution in [-0.2, 0) is 9.53 Å². The highest BCUT2D eigenvalue weighted by Crippen LogP contribution is 2.16. The van der Waals surface area contributed by atoms with E-state index < -0.39 is 5.97 Å². The van der Waals surface area contributed by atoms with Crippen molar-refractivity contribution >= 4 is 17.6 Å². The Morgan fingerprint density at radius 2 is 1.58 bits per heavy atom. The van der Waals surface area contributed by atoms with Crippen LogP contribution < -0.4 is 5.32 Å². The number of esters is 1. The van der Waals surface area contributed by atoms with Gasteiger partial charge in [-0.05, 0) is 60.7 Å². The van der Waals surface area contributed by atoms with Crippen molar-refractivity contribution in [2.24, 2.45) is 0 Å². The standard InChI is InChI=1S/C20H23NO3/c1-13(2)16-5-7-17(8-6-16)20(23)24-12-19(22)21-18-10-14(3)9-15(4)11-18/h5-11,13H,12H2,1-4H3,(H,21,22). The molecule has 0 saturated carbocycles. The normalized spacial score (nSPS) is 10.5. The van der Waals surface area contributed by atoms with Crippen molar-refractivity contribution in [3.8, 4) is 0 Å². The van der Waals surface area contributed by atoms with E-state index in [4.69, 9.17) is 4.74 Å². The maximum Gasteiger partial charge on any atom is 0.338 e. The van der Waals surface area contributed by atoms with Crippen molar-refractivity contribution in [3.63, 3.8) is 0 Å². The molecule has 0 unspecified atom stereocenters. The number of hydrogen-bond acceptors (Lipinski definition) is 3. The number of carbonyl (C=O) groups excluding carboxylic acids is 2. The van der Waals surface area contributed by atoms with Crippen LogP contribution in [0.15, 0.2) is 42.5 Å². The summed E-state index contributed by atoms with van der Waals surface area (Å²) in [6.45, 7) is 7.79. The predicted molar refractivity (Wildman–Crippen MR) is 95.4 cm³/mol. The fourth-order valence-electron chi connectivity index (χ4n) is 2.46. The molecule has 0 spiro atoms. The summed E-state index contributed by atoms with van der Waals surface area (Å²) in [7, 11) is 0. The smallest absolute Gasteiger partial charge is 0.338 e. The van der Waals surface area contributed by atoms with E-state index in [2.05, 4.69) is 19.2 Å². The molecule has 1 amide bonds. The SMILES string of the molecule is Cc1cc(C)cc(NC(=O)COC(=O)c2ccc(C(C)C)cc2)c1. The van der Waals surface area contributed by atoms with Crippen molar-refractivity contribution in [1.82, 2.24) is 0 Å². The molecule has 0 saturated heterocycles. The van der Waals surface area contributed by atoms with Crippen LogP contribution in [0.1, 0.15) is 46.8 Å². The Morgan fingerprint density at radius 1 is 1.00 bits per heavy atom. The molecule has 0 aliphatic carbocycles. The van der Waals surface area contributed by atoms with Crippen molar-refractivity contribution in [3.05, 3.63) is 64.7 Å². The van der Waals surface area contributed by atoms with E-state index in [9.17, 15) is 9.59 Å². The molecule has 0 atom stereocenters. The third-order valence-electron chi connectivity index (χ3n) is 3.65. The first-order valence-corrected chi connectivity index (χ1v) is 8.00. The average molecular weight is 325 g/mol. The summed E-state index contributed by atoms with van der Waals surface area (Å²) < 4.78 is 5.07. The molecule has 4 heteroatoms. The van der Waals surface area contributed by atoms with Crippen molar-refractivity contribution < 1.29 is 14.3 Å². The zero-order chi connectivity index (χ0) is 17.7. The minimum Gasteiger partial charge on any atom is -0.452 e. The largest absolute Gasteiger partial charge is 0.452 e.